The maximum Gasteiger partial charge on any atom is 0.330 e. The van der Waals surface area contributed by atoms with Crippen LogP contribution >= 0.6 is 0 Å². The lowest BCUT2D eigenvalue weighted by Crippen LogP contribution is -2.38. The highest BCUT2D eigenvalue weighted by Gasteiger charge is 2.43. The number of ether oxygens (including phenoxy) is 3. The second kappa shape index (κ2) is 6.95. The van der Waals surface area contributed by atoms with Crippen molar-refractivity contribution in [2.45, 2.75) is 51.7 Å². The maximum atomic E-state index is 13.4. The molecule has 1 aromatic heterocycles. The first-order valence-corrected chi connectivity index (χ1v) is 7.20. The van der Waals surface area contributed by atoms with Crippen LogP contribution in [0.5, 0.6) is 0 Å². The van der Waals surface area contributed by atoms with E-state index in [1.54, 1.807) is 6.92 Å². The van der Waals surface area contributed by atoms with Gasteiger partial charge in [-0.05, 0) is 6.92 Å². The fourth-order valence-corrected chi connectivity index (χ4v) is 2.58. The van der Waals surface area contributed by atoms with E-state index in [2.05, 4.69) is 0 Å². The van der Waals surface area contributed by atoms with Crippen LogP contribution in [-0.2, 0) is 23.8 Å². The molecule has 24 heavy (non-hydrogen) atoms. The minimum Gasteiger partial charge on any atom is -0.460 e. The average molecular weight is 344 g/mol. The van der Waals surface area contributed by atoms with Crippen molar-refractivity contribution in [1.29, 1.82) is 0 Å². The van der Waals surface area contributed by atoms with Crippen LogP contribution in [-0.4, -0.2) is 39.8 Å². The molecule has 1 aliphatic rings. The Bertz CT molecular complexity index is 756. The Labute approximate surface area is 135 Å². The Hall–Kier alpha value is -2.49. The van der Waals surface area contributed by atoms with Gasteiger partial charge in [-0.15, -0.1) is 0 Å². The van der Waals surface area contributed by atoms with Gasteiger partial charge in [-0.2, -0.15) is 4.39 Å². The van der Waals surface area contributed by atoms with Gasteiger partial charge in [-0.1, -0.05) is 0 Å². The molecule has 9 nitrogen and oxygen atoms in total. The molecule has 0 spiro atoms. The summed E-state index contributed by atoms with van der Waals surface area (Å²) in [6, 6.07) is 0. The van der Waals surface area contributed by atoms with Crippen LogP contribution in [0.1, 0.15) is 33.4 Å². The Balaban J connectivity index is 2.29. The molecule has 0 saturated carbocycles. The number of nitrogens with zero attached hydrogens (tertiary/aromatic N) is 1. The van der Waals surface area contributed by atoms with Gasteiger partial charge in [-0.25, -0.2) is 4.79 Å². The molecular weight excluding hydrogens is 327 g/mol. The summed E-state index contributed by atoms with van der Waals surface area (Å²) in [6.45, 7) is 3.96. The van der Waals surface area contributed by atoms with Crippen molar-refractivity contribution in [1.82, 2.24) is 9.55 Å². The molecule has 10 heteroatoms. The monoisotopic (exact) mass is 344 g/mol. The summed E-state index contributed by atoms with van der Waals surface area (Å²) < 4.78 is 30.1. The lowest BCUT2D eigenvalue weighted by Gasteiger charge is -2.24. The Morgan fingerprint density at radius 2 is 2.04 bits per heavy atom. The number of nitrogens with one attached hydrogen (secondary N) is 1. The number of esters is 2. The topological polar surface area (TPSA) is 117 Å². The van der Waals surface area contributed by atoms with Crippen molar-refractivity contribution in [3.05, 3.63) is 32.9 Å². The van der Waals surface area contributed by atoms with Gasteiger partial charge >= 0.3 is 17.6 Å². The molecule has 2 heterocycles. The van der Waals surface area contributed by atoms with E-state index in [1.807, 2.05) is 4.98 Å². The first kappa shape index (κ1) is 17.9. The van der Waals surface area contributed by atoms with Gasteiger partial charge < -0.3 is 14.2 Å². The molecule has 1 unspecified atom stereocenters. The first-order valence-electron chi connectivity index (χ1n) is 7.20. The van der Waals surface area contributed by atoms with Crippen LogP contribution in [0, 0.1) is 5.82 Å². The van der Waals surface area contributed by atoms with E-state index in [0.29, 0.717) is 0 Å². The number of carbonyl (C=O) groups is 2. The fourth-order valence-electron chi connectivity index (χ4n) is 2.58. The first-order chi connectivity index (χ1) is 11.2. The lowest BCUT2D eigenvalue weighted by molar-refractivity contribution is -0.164. The van der Waals surface area contributed by atoms with Crippen LogP contribution in [0.4, 0.5) is 4.39 Å². The van der Waals surface area contributed by atoms with Gasteiger partial charge in [-0.3, -0.25) is 23.9 Å². The van der Waals surface area contributed by atoms with Crippen LogP contribution in [0.15, 0.2) is 15.8 Å². The number of aromatic amines is 1. The minimum absolute atomic E-state index is 0.0290. The molecule has 132 valence electrons. The van der Waals surface area contributed by atoms with Crippen LogP contribution in [0.3, 0.4) is 0 Å². The van der Waals surface area contributed by atoms with E-state index < -0.39 is 53.5 Å². The highest BCUT2D eigenvalue weighted by Crippen LogP contribution is 2.32. The van der Waals surface area contributed by atoms with Crippen LogP contribution in [0.2, 0.25) is 0 Å². The van der Waals surface area contributed by atoms with E-state index in [0.717, 1.165) is 10.8 Å². The summed E-state index contributed by atoms with van der Waals surface area (Å²) in [5.41, 5.74) is -2.01. The third-order valence-corrected chi connectivity index (χ3v) is 3.48. The normalized spacial score (nSPS) is 24.4. The molecule has 2 rings (SSSR count). The molecule has 1 fully saturated rings. The van der Waals surface area contributed by atoms with Crippen LogP contribution < -0.4 is 11.2 Å². The molecule has 0 radical (unpaired) electrons. The van der Waals surface area contributed by atoms with Gasteiger partial charge in [0.2, 0.25) is 5.82 Å². The fraction of sp³-hybridized carbons (Fsp3) is 0.571. The summed E-state index contributed by atoms with van der Waals surface area (Å²) >= 11 is 0. The number of rotatable bonds is 4. The maximum absolute atomic E-state index is 13.4. The molecule has 1 aromatic rings. The second-order valence-electron chi connectivity index (χ2n) is 5.40. The number of H-pyrrole nitrogens is 1. The standard InChI is InChI=1S/C14H17FN2O7/c1-6(22-7(2)18)12-10(23-8(3)19)4-11(24-12)17-5-9(15)13(20)16-14(17)21/h5-6,10-12H,4H2,1-3H3,(H,16,20,21)/t6?,10-,11+,12+/m0/s1. The summed E-state index contributed by atoms with van der Waals surface area (Å²) in [5.74, 6) is -2.29. The zero-order valence-corrected chi connectivity index (χ0v) is 13.3. The van der Waals surface area contributed by atoms with E-state index in [4.69, 9.17) is 14.2 Å². The summed E-state index contributed by atoms with van der Waals surface area (Å²) in [4.78, 5) is 47.1. The Morgan fingerprint density at radius 3 is 2.62 bits per heavy atom. The van der Waals surface area contributed by atoms with Crippen molar-refractivity contribution in [3.8, 4) is 0 Å². The van der Waals surface area contributed by atoms with Crippen molar-refractivity contribution in [3.63, 3.8) is 0 Å². The highest BCUT2D eigenvalue weighted by atomic mass is 19.1. The Morgan fingerprint density at radius 1 is 1.38 bits per heavy atom. The SMILES string of the molecule is CC(=O)OC(C)[C@H]1O[C@@H](n2cc(F)c(=O)[nH]c2=O)C[C@@H]1OC(C)=O. The van der Waals surface area contributed by atoms with Gasteiger partial charge in [0.25, 0.3) is 5.56 Å². The molecule has 1 aliphatic heterocycles. The van der Waals surface area contributed by atoms with Gasteiger partial charge in [0.1, 0.15) is 24.5 Å². The average Bonchev–Trinajstić information content (AvgIpc) is 2.85. The highest BCUT2D eigenvalue weighted by molar-refractivity contribution is 5.66. The number of hydrogen-bond acceptors (Lipinski definition) is 7. The van der Waals surface area contributed by atoms with Crippen LogP contribution in [0.25, 0.3) is 0 Å². The number of carbonyl (C=O) groups excluding carboxylic acids is 2. The summed E-state index contributed by atoms with van der Waals surface area (Å²) in [6.07, 6.45) is -2.65. The molecule has 0 amide bonds. The molecule has 4 atom stereocenters. The predicted molar refractivity (Wildman–Crippen MR) is 76.6 cm³/mol. The predicted octanol–water partition coefficient (Wildman–Crippen LogP) is -0.153. The molecule has 1 N–H and O–H groups in total. The summed E-state index contributed by atoms with van der Waals surface area (Å²) in [7, 11) is 0. The second-order valence-corrected chi connectivity index (χ2v) is 5.40. The quantitative estimate of drug-likeness (QED) is 0.755. The smallest absolute Gasteiger partial charge is 0.330 e. The number of halogens is 1. The lowest BCUT2D eigenvalue weighted by atomic mass is 10.1. The molecule has 0 bridgehead atoms. The molecular formula is C14H17FN2O7. The Kier molecular flexibility index (Phi) is 5.17. The zero-order chi connectivity index (χ0) is 18.0. The van der Waals surface area contributed by atoms with E-state index in [9.17, 15) is 23.6 Å². The molecule has 0 aromatic carbocycles. The van der Waals surface area contributed by atoms with Crippen molar-refractivity contribution < 1.29 is 28.2 Å². The third kappa shape index (κ3) is 3.88. The van der Waals surface area contributed by atoms with Gasteiger partial charge in [0, 0.05) is 20.3 Å². The van der Waals surface area contributed by atoms with Crippen molar-refractivity contribution in [2.75, 3.05) is 0 Å². The van der Waals surface area contributed by atoms with Crippen molar-refractivity contribution in [2.24, 2.45) is 0 Å². The van der Waals surface area contributed by atoms with E-state index in [1.165, 1.54) is 13.8 Å². The van der Waals surface area contributed by atoms with E-state index in [-0.39, 0.29) is 6.42 Å². The molecule has 0 aliphatic carbocycles. The number of aromatic nitrogens is 2. The molecule has 1 saturated heterocycles. The summed E-state index contributed by atoms with van der Waals surface area (Å²) in [5, 5.41) is 0. The number of hydrogen-bond donors (Lipinski definition) is 1. The van der Waals surface area contributed by atoms with E-state index >= 15 is 0 Å². The zero-order valence-electron chi connectivity index (χ0n) is 13.3. The van der Waals surface area contributed by atoms with Gasteiger partial charge in [0.05, 0.1) is 6.20 Å². The minimum atomic E-state index is -1.15. The van der Waals surface area contributed by atoms with Gasteiger partial charge in [0.15, 0.2) is 0 Å². The largest absolute Gasteiger partial charge is 0.460 e. The van der Waals surface area contributed by atoms with Crippen molar-refractivity contribution >= 4 is 11.9 Å². The third-order valence-electron chi connectivity index (χ3n) is 3.48.